The van der Waals surface area contributed by atoms with Gasteiger partial charge in [0.1, 0.15) is 5.15 Å². The Morgan fingerprint density at radius 3 is 2.79 bits per heavy atom. The lowest BCUT2D eigenvalue weighted by Gasteiger charge is -2.07. The summed E-state index contributed by atoms with van der Waals surface area (Å²) in [4.78, 5) is 19.9. The van der Waals surface area contributed by atoms with E-state index < -0.39 is 0 Å². The maximum atomic E-state index is 12.0. The first-order valence-electron chi connectivity index (χ1n) is 5.24. The largest absolute Gasteiger partial charge is 0.481 e. The first kappa shape index (κ1) is 13.8. The van der Waals surface area contributed by atoms with Crippen molar-refractivity contribution in [2.24, 2.45) is 0 Å². The molecule has 0 atom stereocenters. The van der Waals surface area contributed by atoms with Gasteiger partial charge in [0.05, 0.1) is 12.7 Å². The fourth-order valence-electron chi connectivity index (χ4n) is 1.37. The monoisotopic (exact) mass is 341 g/mol. The molecule has 7 heteroatoms. The Labute approximate surface area is 123 Å². The third-order valence-electron chi connectivity index (χ3n) is 2.22. The van der Waals surface area contributed by atoms with Crippen molar-refractivity contribution in [3.8, 4) is 5.88 Å². The minimum Gasteiger partial charge on any atom is -0.481 e. The Morgan fingerprint density at radius 1 is 1.37 bits per heavy atom. The molecule has 5 nitrogen and oxygen atoms in total. The van der Waals surface area contributed by atoms with Gasteiger partial charge in [-0.15, -0.1) is 0 Å². The topological polar surface area (TPSA) is 64.1 Å². The van der Waals surface area contributed by atoms with Gasteiger partial charge in [-0.1, -0.05) is 23.7 Å². The quantitative estimate of drug-likeness (QED) is 0.870. The normalized spacial score (nSPS) is 10.1. The van der Waals surface area contributed by atoms with E-state index in [1.54, 1.807) is 18.2 Å². The van der Waals surface area contributed by atoms with Crippen molar-refractivity contribution in [2.45, 2.75) is 0 Å². The lowest BCUT2D eigenvalue weighted by atomic mass is 10.2. The van der Waals surface area contributed by atoms with Crippen LogP contribution in [0.1, 0.15) is 10.4 Å². The molecule has 2 rings (SSSR count). The fraction of sp³-hybridized carbons (Fsp3) is 0.0833. The number of benzene rings is 1. The van der Waals surface area contributed by atoms with E-state index in [1.165, 1.54) is 13.2 Å². The van der Waals surface area contributed by atoms with Crippen LogP contribution in [0.5, 0.6) is 5.88 Å². The average Bonchev–Trinajstić information content (AvgIpc) is 2.38. The third-order valence-corrected chi connectivity index (χ3v) is 3.11. The Morgan fingerprint density at radius 2 is 2.11 bits per heavy atom. The molecule has 0 aliphatic heterocycles. The zero-order valence-electron chi connectivity index (χ0n) is 9.85. The van der Waals surface area contributed by atoms with Crippen LogP contribution in [0, 0.1) is 0 Å². The van der Waals surface area contributed by atoms with Crippen LogP contribution in [-0.2, 0) is 0 Å². The highest BCUT2D eigenvalue weighted by Crippen LogP contribution is 2.19. The number of carbonyl (C=O) groups excluding carboxylic acids is 1. The van der Waals surface area contributed by atoms with Gasteiger partial charge in [-0.3, -0.25) is 10.1 Å². The van der Waals surface area contributed by atoms with Crippen molar-refractivity contribution >= 4 is 39.4 Å². The molecule has 98 valence electrons. The lowest BCUT2D eigenvalue weighted by molar-refractivity contribution is 0.102. The summed E-state index contributed by atoms with van der Waals surface area (Å²) in [6, 6.07) is 8.49. The number of aromatic nitrogens is 2. The maximum Gasteiger partial charge on any atom is 0.259 e. The Bertz CT molecular complexity index is 622. The highest BCUT2D eigenvalue weighted by molar-refractivity contribution is 9.10. The second kappa shape index (κ2) is 5.99. The van der Waals surface area contributed by atoms with Crippen LogP contribution in [0.2, 0.25) is 5.15 Å². The predicted octanol–water partition coefficient (Wildman–Crippen LogP) is 3.15. The summed E-state index contributed by atoms with van der Waals surface area (Å²) < 4.78 is 5.63. The Hall–Kier alpha value is -1.66. The van der Waals surface area contributed by atoms with Crippen LogP contribution < -0.4 is 10.1 Å². The number of nitrogens with zero attached hydrogens (tertiary/aromatic N) is 2. The van der Waals surface area contributed by atoms with Crippen LogP contribution >= 0.6 is 27.5 Å². The molecule has 2 aromatic rings. The fourth-order valence-corrected chi connectivity index (χ4v) is 2.01. The van der Waals surface area contributed by atoms with E-state index in [9.17, 15) is 4.79 Å². The van der Waals surface area contributed by atoms with E-state index in [1.807, 2.05) is 6.07 Å². The van der Waals surface area contributed by atoms with E-state index in [2.05, 4.69) is 31.2 Å². The van der Waals surface area contributed by atoms with E-state index in [0.29, 0.717) is 10.0 Å². The molecular weight excluding hydrogens is 334 g/mol. The van der Waals surface area contributed by atoms with Crippen molar-refractivity contribution in [2.75, 3.05) is 12.4 Å². The molecule has 1 aromatic carbocycles. The van der Waals surface area contributed by atoms with E-state index >= 15 is 0 Å². The maximum absolute atomic E-state index is 12.0. The van der Waals surface area contributed by atoms with Gasteiger partial charge in [0, 0.05) is 10.5 Å². The number of nitrogens with one attached hydrogen (secondary N) is 1. The minimum atomic E-state index is -0.336. The van der Waals surface area contributed by atoms with Crippen LogP contribution in [0.15, 0.2) is 34.8 Å². The Kier molecular flexibility index (Phi) is 4.34. The van der Waals surface area contributed by atoms with Crippen molar-refractivity contribution in [3.63, 3.8) is 0 Å². The SMILES string of the molecule is COc1cc(Cl)nc(NC(=O)c2ccccc2Br)n1. The zero-order chi connectivity index (χ0) is 13.8. The summed E-state index contributed by atoms with van der Waals surface area (Å²) in [5.41, 5.74) is 0.477. The number of amides is 1. The number of rotatable bonds is 3. The van der Waals surface area contributed by atoms with E-state index in [0.717, 1.165) is 0 Å². The summed E-state index contributed by atoms with van der Waals surface area (Å²) in [6.45, 7) is 0. The summed E-state index contributed by atoms with van der Waals surface area (Å²) in [5.74, 6) is 0.0318. The van der Waals surface area contributed by atoms with E-state index in [4.69, 9.17) is 16.3 Å². The highest BCUT2D eigenvalue weighted by atomic mass is 79.9. The molecule has 0 aliphatic rings. The standard InChI is InChI=1S/C12H9BrClN3O2/c1-19-10-6-9(14)15-12(16-10)17-11(18)7-4-2-3-5-8(7)13/h2-6H,1H3,(H,15,16,17,18). The molecule has 1 heterocycles. The van der Waals surface area contributed by atoms with Gasteiger partial charge in [0.15, 0.2) is 0 Å². The average molecular weight is 343 g/mol. The van der Waals surface area contributed by atoms with Crippen molar-refractivity contribution in [1.82, 2.24) is 9.97 Å². The van der Waals surface area contributed by atoms with Gasteiger partial charge in [0.25, 0.3) is 5.91 Å². The van der Waals surface area contributed by atoms with Crippen molar-refractivity contribution in [3.05, 3.63) is 45.5 Å². The van der Waals surface area contributed by atoms with Gasteiger partial charge in [0.2, 0.25) is 11.8 Å². The van der Waals surface area contributed by atoms with Crippen LogP contribution in [0.3, 0.4) is 0 Å². The second-order valence-electron chi connectivity index (χ2n) is 3.49. The molecule has 0 fully saturated rings. The molecule has 0 unspecified atom stereocenters. The van der Waals surface area contributed by atoms with Crippen LogP contribution in [0.4, 0.5) is 5.95 Å². The highest BCUT2D eigenvalue weighted by Gasteiger charge is 2.12. The molecular formula is C12H9BrClN3O2. The Balaban J connectivity index is 2.24. The number of anilines is 1. The molecule has 0 saturated carbocycles. The molecule has 0 radical (unpaired) electrons. The number of methoxy groups -OCH3 is 1. The first-order valence-corrected chi connectivity index (χ1v) is 6.41. The third kappa shape index (κ3) is 3.42. The number of halogens is 2. The van der Waals surface area contributed by atoms with Crippen molar-refractivity contribution < 1.29 is 9.53 Å². The van der Waals surface area contributed by atoms with Gasteiger partial charge in [-0.25, -0.2) is 4.98 Å². The van der Waals surface area contributed by atoms with Crippen LogP contribution in [0.25, 0.3) is 0 Å². The molecule has 1 amide bonds. The summed E-state index contributed by atoms with van der Waals surface area (Å²) >= 11 is 9.10. The first-order chi connectivity index (χ1) is 9.10. The lowest BCUT2D eigenvalue weighted by Crippen LogP contribution is -2.15. The van der Waals surface area contributed by atoms with Crippen molar-refractivity contribution in [1.29, 1.82) is 0 Å². The molecule has 1 aromatic heterocycles. The van der Waals surface area contributed by atoms with Gasteiger partial charge in [-0.05, 0) is 28.1 Å². The molecule has 0 bridgehead atoms. The van der Waals surface area contributed by atoms with Gasteiger partial charge >= 0.3 is 0 Å². The number of hydrogen-bond donors (Lipinski definition) is 1. The van der Waals surface area contributed by atoms with Gasteiger partial charge in [-0.2, -0.15) is 4.98 Å². The number of carbonyl (C=O) groups is 1. The molecule has 0 saturated heterocycles. The summed E-state index contributed by atoms with van der Waals surface area (Å²) in [7, 11) is 1.46. The smallest absolute Gasteiger partial charge is 0.259 e. The zero-order valence-corrected chi connectivity index (χ0v) is 12.2. The van der Waals surface area contributed by atoms with E-state index in [-0.39, 0.29) is 22.9 Å². The molecule has 0 aliphatic carbocycles. The minimum absolute atomic E-state index is 0.0881. The molecule has 1 N–H and O–H groups in total. The number of hydrogen-bond acceptors (Lipinski definition) is 4. The molecule has 19 heavy (non-hydrogen) atoms. The second-order valence-corrected chi connectivity index (χ2v) is 4.73. The van der Waals surface area contributed by atoms with Gasteiger partial charge < -0.3 is 4.74 Å². The predicted molar refractivity (Wildman–Crippen MR) is 75.7 cm³/mol. The van der Waals surface area contributed by atoms with Crippen LogP contribution in [-0.4, -0.2) is 23.0 Å². The summed E-state index contributed by atoms with van der Waals surface area (Å²) in [6.07, 6.45) is 0. The molecule has 0 spiro atoms. The summed E-state index contributed by atoms with van der Waals surface area (Å²) in [5, 5.41) is 2.75. The number of ether oxygens (including phenoxy) is 1.